The second-order valence-corrected chi connectivity index (χ2v) is 7.45. The van der Waals surface area contributed by atoms with Crippen LogP contribution in [0.5, 0.6) is 0 Å². The SMILES string of the molecule is CC1CN(CCCc2cnn(C)c2)CCN1C(=O)OC(C)(C)C. The molecular formula is C17H30N4O2. The molecule has 2 rings (SSSR count). The fraction of sp³-hybridized carbons (Fsp3) is 0.765. The van der Waals surface area contributed by atoms with Crippen molar-refractivity contribution in [2.45, 2.75) is 52.2 Å². The minimum absolute atomic E-state index is 0.192. The van der Waals surface area contributed by atoms with E-state index < -0.39 is 5.60 Å². The molecule has 0 aliphatic carbocycles. The molecule has 0 aromatic carbocycles. The van der Waals surface area contributed by atoms with E-state index >= 15 is 0 Å². The second kappa shape index (κ2) is 7.34. The molecule has 1 aromatic heterocycles. The van der Waals surface area contributed by atoms with Crippen LogP contribution in [0.3, 0.4) is 0 Å². The predicted octanol–water partition coefficient (Wildman–Crippen LogP) is 2.29. The van der Waals surface area contributed by atoms with Gasteiger partial charge in [-0.05, 0) is 52.6 Å². The van der Waals surface area contributed by atoms with Crippen molar-refractivity contribution in [3.63, 3.8) is 0 Å². The molecule has 1 aliphatic rings. The van der Waals surface area contributed by atoms with Gasteiger partial charge in [0, 0.05) is 38.9 Å². The monoisotopic (exact) mass is 322 g/mol. The van der Waals surface area contributed by atoms with E-state index in [1.807, 2.05) is 43.6 Å². The molecule has 23 heavy (non-hydrogen) atoms. The maximum atomic E-state index is 12.2. The summed E-state index contributed by atoms with van der Waals surface area (Å²) in [5.41, 5.74) is 0.852. The third kappa shape index (κ3) is 5.53. The Hall–Kier alpha value is -1.56. The van der Waals surface area contributed by atoms with Gasteiger partial charge < -0.3 is 9.64 Å². The standard InChI is InChI=1S/C17H30N4O2/c1-14-12-20(8-6-7-15-11-18-19(5)13-15)9-10-21(14)16(22)23-17(2,3)4/h11,13-14H,6-10,12H2,1-5H3. The van der Waals surface area contributed by atoms with Crippen molar-refractivity contribution in [3.8, 4) is 0 Å². The molecule has 1 amide bonds. The van der Waals surface area contributed by atoms with Gasteiger partial charge in [-0.25, -0.2) is 4.79 Å². The Morgan fingerprint density at radius 3 is 2.70 bits per heavy atom. The zero-order chi connectivity index (χ0) is 17.0. The van der Waals surface area contributed by atoms with Crippen LogP contribution in [0.4, 0.5) is 4.79 Å². The first kappa shape index (κ1) is 17.8. The Balaban J connectivity index is 1.74. The van der Waals surface area contributed by atoms with Gasteiger partial charge in [0.1, 0.15) is 5.60 Å². The lowest BCUT2D eigenvalue weighted by molar-refractivity contribution is 0.00142. The molecule has 0 saturated carbocycles. The number of hydrogen-bond donors (Lipinski definition) is 0. The van der Waals surface area contributed by atoms with Crippen LogP contribution >= 0.6 is 0 Å². The van der Waals surface area contributed by atoms with Gasteiger partial charge >= 0.3 is 6.09 Å². The van der Waals surface area contributed by atoms with Crippen LogP contribution in [0.25, 0.3) is 0 Å². The molecule has 0 spiro atoms. The highest BCUT2D eigenvalue weighted by atomic mass is 16.6. The zero-order valence-corrected chi connectivity index (χ0v) is 15.1. The number of aryl methyl sites for hydroxylation is 2. The number of ether oxygens (including phenoxy) is 1. The molecule has 0 radical (unpaired) electrons. The molecule has 1 unspecified atom stereocenters. The van der Waals surface area contributed by atoms with E-state index in [4.69, 9.17) is 4.74 Å². The van der Waals surface area contributed by atoms with E-state index in [1.165, 1.54) is 5.56 Å². The minimum Gasteiger partial charge on any atom is -0.444 e. The molecule has 0 bridgehead atoms. The molecule has 1 saturated heterocycles. The Bertz CT molecular complexity index is 521. The Morgan fingerprint density at radius 2 is 2.13 bits per heavy atom. The number of hydrogen-bond acceptors (Lipinski definition) is 4. The normalized spacial score (nSPS) is 19.9. The van der Waals surface area contributed by atoms with E-state index in [0.29, 0.717) is 0 Å². The fourth-order valence-corrected chi connectivity index (χ4v) is 2.94. The molecule has 130 valence electrons. The molecule has 0 N–H and O–H groups in total. The van der Waals surface area contributed by atoms with E-state index in [9.17, 15) is 4.79 Å². The van der Waals surface area contributed by atoms with Gasteiger partial charge in [0.15, 0.2) is 0 Å². The van der Waals surface area contributed by atoms with Crippen LogP contribution in [-0.2, 0) is 18.2 Å². The summed E-state index contributed by atoms with van der Waals surface area (Å²) in [6, 6.07) is 0.192. The van der Waals surface area contributed by atoms with Crippen molar-refractivity contribution >= 4 is 6.09 Å². The van der Waals surface area contributed by atoms with Crippen LogP contribution in [0.2, 0.25) is 0 Å². The van der Waals surface area contributed by atoms with Crippen LogP contribution in [-0.4, -0.2) is 63.5 Å². The maximum Gasteiger partial charge on any atom is 0.410 e. The van der Waals surface area contributed by atoms with E-state index in [-0.39, 0.29) is 12.1 Å². The predicted molar refractivity (Wildman–Crippen MR) is 90.4 cm³/mol. The quantitative estimate of drug-likeness (QED) is 0.853. The van der Waals surface area contributed by atoms with Gasteiger partial charge in [-0.2, -0.15) is 5.10 Å². The first-order valence-corrected chi connectivity index (χ1v) is 8.44. The number of aromatic nitrogens is 2. The lowest BCUT2D eigenvalue weighted by atomic mass is 10.1. The average molecular weight is 322 g/mol. The number of nitrogens with zero attached hydrogens (tertiary/aromatic N) is 4. The summed E-state index contributed by atoms with van der Waals surface area (Å²) in [6.45, 7) is 11.4. The summed E-state index contributed by atoms with van der Waals surface area (Å²) in [6.07, 6.45) is 5.98. The van der Waals surface area contributed by atoms with Crippen molar-refractivity contribution in [3.05, 3.63) is 18.0 Å². The van der Waals surface area contributed by atoms with Gasteiger partial charge in [0.25, 0.3) is 0 Å². The summed E-state index contributed by atoms with van der Waals surface area (Å²) in [5, 5.41) is 4.20. The lowest BCUT2D eigenvalue weighted by Gasteiger charge is -2.40. The van der Waals surface area contributed by atoms with Gasteiger partial charge in [0.2, 0.25) is 0 Å². The lowest BCUT2D eigenvalue weighted by Crippen LogP contribution is -2.55. The van der Waals surface area contributed by atoms with E-state index in [1.54, 1.807) is 0 Å². The number of amides is 1. The average Bonchev–Trinajstić information content (AvgIpc) is 2.82. The molecule has 1 atom stereocenters. The van der Waals surface area contributed by atoms with Gasteiger partial charge in [-0.3, -0.25) is 9.58 Å². The van der Waals surface area contributed by atoms with Crippen molar-refractivity contribution in [2.24, 2.45) is 7.05 Å². The molecule has 6 nitrogen and oxygen atoms in total. The molecule has 1 aromatic rings. The van der Waals surface area contributed by atoms with Crippen LogP contribution < -0.4 is 0 Å². The molecule has 1 fully saturated rings. The first-order valence-electron chi connectivity index (χ1n) is 8.44. The van der Waals surface area contributed by atoms with Crippen molar-refractivity contribution in [1.29, 1.82) is 0 Å². The van der Waals surface area contributed by atoms with Crippen molar-refractivity contribution in [2.75, 3.05) is 26.2 Å². The largest absolute Gasteiger partial charge is 0.444 e. The summed E-state index contributed by atoms with van der Waals surface area (Å²) < 4.78 is 7.33. The number of piperazine rings is 1. The second-order valence-electron chi connectivity index (χ2n) is 7.45. The van der Waals surface area contributed by atoms with Crippen LogP contribution in [0.15, 0.2) is 12.4 Å². The van der Waals surface area contributed by atoms with Crippen LogP contribution in [0, 0.1) is 0 Å². The highest BCUT2D eigenvalue weighted by Gasteiger charge is 2.30. The topological polar surface area (TPSA) is 50.6 Å². The summed E-state index contributed by atoms with van der Waals surface area (Å²) in [7, 11) is 1.95. The Morgan fingerprint density at radius 1 is 1.39 bits per heavy atom. The van der Waals surface area contributed by atoms with Gasteiger partial charge in [0.05, 0.1) is 6.20 Å². The highest BCUT2D eigenvalue weighted by Crippen LogP contribution is 2.16. The summed E-state index contributed by atoms with van der Waals surface area (Å²) >= 11 is 0. The minimum atomic E-state index is -0.433. The third-order valence-electron chi connectivity index (χ3n) is 4.04. The van der Waals surface area contributed by atoms with E-state index in [2.05, 4.69) is 23.1 Å². The van der Waals surface area contributed by atoms with Crippen molar-refractivity contribution < 1.29 is 9.53 Å². The number of carbonyl (C=O) groups excluding carboxylic acids is 1. The molecule has 2 heterocycles. The third-order valence-corrected chi connectivity index (χ3v) is 4.04. The molecule has 1 aliphatic heterocycles. The Kier molecular flexibility index (Phi) is 5.68. The Labute approximate surface area is 139 Å². The summed E-state index contributed by atoms with van der Waals surface area (Å²) in [4.78, 5) is 16.5. The zero-order valence-electron chi connectivity index (χ0n) is 15.1. The van der Waals surface area contributed by atoms with Gasteiger partial charge in [-0.1, -0.05) is 0 Å². The fourth-order valence-electron chi connectivity index (χ4n) is 2.94. The number of carbonyl (C=O) groups is 1. The van der Waals surface area contributed by atoms with E-state index in [0.717, 1.165) is 39.0 Å². The smallest absolute Gasteiger partial charge is 0.410 e. The van der Waals surface area contributed by atoms with Crippen LogP contribution in [0.1, 0.15) is 39.7 Å². The molecular weight excluding hydrogens is 292 g/mol. The highest BCUT2D eigenvalue weighted by molar-refractivity contribution is 5.68. The first-order chi connectivity index (χ1) is 10.7. The maximum absolute atomic E-state index is 12.2. The summed E-state index contributed by atoms with van der Waals surface area (Å²) in [5.74, 6) is 0. The van der Waals surface area contributed by atoms with Gasteiger partial charge in [-0.15, -0.1) is 0 Å². The molecule has 6 heteroatoms. The number of rotatable bonds is 4. The van der Waals surface area contributed by atoms with Crippen molar-refractivity contribution in [1.82, 2.24) is 19.6 Å².